The Hall–Kier alpha value is -0.380. The Labute approximate surface area is 90.5 Å². The minimum absolute atomic E-state index is 0.0580. The second-order valence-corrected chi connectivity index (χ2v) is 5.44. The molecule has 0 aliphatic heterocycles. The molecule has 0 fully saturated rings. The van der Waals surface area contributed by atoms with Gasteiger partial charge in [-0.2, -0.15) is 0 Å². The molecule has 0 radical (unpaired) electrons. The van der Waals surface area contributed by atoms with Gasteiger partial charge in [0.2, 0.25) is 0 Å². The molecule has 0 bridgehead atoms. The molecule has 0 spiro atoms. The Morgan fingerprint density at radius 1 is 1.50 bits per heavy atom. The SMILES string of the molecule is Cc1ccsc1CNCCC(C)(C)N. The first-order valence-electron chi connectivity index (χ1n) is 5.01. The van der Waals surface area contributed by atoms with Gasteiger partial charge in [-0.15, -0.1) is 11.3 Å². The summed E-state index contributed by atoms with van der Waals surface area (Å²) in [5.74, 6) is 0. The van der Waals surface area contributed by atoms with Crippen LogP contribution in [0.3, 0.4) is 0 Å². The van der Waals surface area contributed by atoms with Crippen molar-refractivity contribution < 1.29 is 0 Å². The van der Waals surface area contributed by atoms with Gasteiger partial charge in [-0.1, -0.05) is 0 Å². The molecule has 80 valence electrons. The van der Waals surface area contributed by atoms with Gasteiger partial charge >= 0.3 is 0 Å². The fraction of sp³-hybridized carbons (Fsp3) is 0.636. The van der Waals surface area contributed by atoms with Crippen molar-refractivity contribution in [3.63, 3.8) is 0 Å². The van der Waals surface area contributed by atoms with Crippen molar-refractivity contribution in [2.75, 3.05) is 6.54 Å². The van der Waals surface area contributed by atoms with Crippen LogP contribution >= 0.6 is 11.3 Å². The van der Waals surface area contributed by atoms with Crippen molar-refractivity contribution in [3.8, 4) is 0 Å². The van der Waals surface area contributed by atoms with E-state index in [4.69, 9.17) is 5.73 Å². The van der Waals surface area contributed by atoms with E-state index in [9.17, 15) is 0 Å². The molecule has 1 aromatic heterocycles. The topological polar surface area (TPSA) is 38.0 Å². The van der Waals surface area contributed by atoms with Gasteiger partial charge in [0, 0.05) is 17.0 Å². The van der Waals surface area contributed by atoms with E-state index in [-0.39, 0.29) is 5.54 Å². The minimum Gasteiger partial charge on any atom is -0.326 e. The lowest BCUT2D eigenvalue weighted by atomic mass is 10.0. The number of hydrogen-bond donors (Lipinski definition) is 2. The third kappa shape index (κ3) is 4.22. The van der Waals surface area contributed by atoms with E-state index in [0.29, 0.717) is 0 Å². The van der Waals surface area contributed by atoms with Crippen LogP contribution in [0.2, 0.25) is 0 Å². The van der Waals surface area contributed by atoms with Gasteiger partial charge < -0.3 is 11.1 Å². The van der Waals surface area contributed by atoms with Gasteiger partial charge in [0.05, 0.1) is 0 Å². The fourth-order valence-electron chi connectivity index (χ4n) is 1.20. The first-order valence-corrected chi connectivity index (χ1v) is 5.89. The normalized spacial score (nSPS) is 12.0. The van der Waals surface area contributed by atoms with Crippen LogP contribution in [-0.4, -0.2) is 12.1 Å². The molecule has 1 rings (SSSR count). The average Bonchev–Trinajstić information content (AvgIpc) is 2.44. The summed E-state index contributed by atoms with van der Waals surface area (Å²) in [7, 11) is 0. The van der Waals surface area contributed by atoms with Crippen molar-refractivity contribution in [1.82, 2.24) is 5.32 Å². The maximum Gasteiger partial charge on any atom is 0.0302 e. The molecule has 0 aliphatic carbocycles. The van der Waals surface area contributed by atoms with E-state index in [1.807, 2.05) is 11.3 Å². The molecule has 1 heterocycles. The van der Waals surface area contributed by atoms with Crippen LogP contribution in [0.1, 0.15) is 30.7 Å². The van der Waals surface area contributed by atoms with Crippen LogP contribution < -0.4 is 11.1 Å². The van der Waals surface area contributed by atoms with Crippen LogP contribution in [0.25, 0.3) is 0 Å². The molecule has 1 aromatic rings. The Morgan fingerprint density at radius 3 is 2.71 bits per heavy atom. The first kappa shape index (κ1) is 11.7. The quantitative estimate of drug-likeness (QED) is 0.735. The number of rotatable bonds is 5. The van der Waals surface area contributed by atoms with E-state index in [2.05, 4.69) is 37.5 Å². The number of hydrogen-bond acceptors (Lipinski definition) is 3. The maximum atomic E-state index is 5.89. The lowest BCUT2D eigenvalue weighted by Gasteiger charge is -2.18. The average molecular weight is 212 g/mol. The second-order valence-electron chi connectivity index (χ2n) is 4.44. The van der Waals surface area contributed by atoms with Crippen molar-refractivity contribution in [2.45, 2.75) is 39.3 Å². The molecule has 14 heavy (non-hydrogen) atoms. The molecule has 0 saturated heterocycles. The predicted molar refractivity (Wildman–Crippen MR) is 63.6 cm³/mol. The molecule has 3 N–H and O–H groups in total. The van der Waals surface area contributed by atoms with Crippen LogP contribution in [0.4, 0.5) is 0 Å². The summed E-state index contributed by atoms with van der Waals surface area (Å²) >= 11 is 1.81. The van der Waals surface area contributed by atoms with Gasteiger partial charge in [-0.25, -0.2) is 0 Å². The number of aryl methyl sites for hydroxylation is 1. The largest absolute Gasteiger partial charge is 0.326 e. The van der Waals surface area contributed by atoms with E-state index in [1.54, 1.807) is 0 Å². The van der Waals surface area contributed by atoms with Gasteiger partial charge in [0.25, 0.3) is 0 Å². The third-order valence-electron chi connectivity index (χ3n) is 2.20. The standard InChI is InChI=1S/C11H20N2S/c1-9-4-7-14-10(9)8-13-6-5-11(2,3)12/h4,7,13H,5-6,8,12H2,1-3H3. The third-order valence-corrected chi connectivity index (χ3v) is 3.22. The van der Waals surface area contributed by atoms with Crippen molar-refractivity contribution in [3.05, 3.63) is 21.9 Å². The van der Waals surface area contributed by atoms with Crippen LogP contribution in [0.15, 0.2) is 11.4 Å². The monoisotopic (exact) mass is 212 g/mol. The lowest BCUT2D eigenvalue weighted by Crippen LogP contribution is -2.35. The molecule has 3 heteroatoms. The van der Waals surface area contributed by atoms with Gasteiger partial charge in [0.1, 0.15) is 0 Å². The predicted octanol–water partition coefficient (Wildman–Crippen LogP) is 2.27. The van der Waals surface area contributed by atoms with Crippen molar-refractivity contribution >= 4 is 11.3 Å². The Morgan fingerprint density at radius 2 is 2.21 bits per heavy atom. The van der Waals surface area contributed by atoms with Gasteiger partial charge in [-0.05, 0) is 50.7 Å². The first-order chi connectivity index (χ1) is 6.49. The zero-order valence-corrected chi connectivity index (χ0v) is 10.1. The van der Waals surface area contributed by atoms with E-state index >= 15 is 0 Å². The molecule has 0 atom stereocenters. The van der Waals surface area contributed by atoms with Crippen LogP contribution in [0, 0.1) is 6.92 Å². The van der Waals surface area contributed by atoms with E-state index in [0.717, 1.165) is 19.5 Å². The van der Waals surface area contributed by atoms with Crippen molar-refractivity contribution in [1.29, 1.82) is 0 Å². The molecule has 2 nitrogen and oxygen atoms in total. The molecule has 0 saturated carbocycles. The van der Waals surface area contributed by atoms with Gasteiger partial charge in [0.15, 0.2) is 0 Å². The summed E-state index contributed by atoms with van der Waals surface area (Å²) in [5.41, 5.74) is 7.21. The van der Waals surface area contributed by atoms with Gasteiger partial charge in [-0.3, -0.25) is 0 Å². The summed E-state index contributed by atoms with van der Waals surface area (Å²) in [6, 6.07) is 2.16. The zero-order chi connectivity index (χ0) is 10.6. The van der Waals surface area contributed by atoms with Crippen LogP contribution in [-0.2, 0) is 6.54 Å². The molecular formula is C11H20N2S. The van der Waals surface area contributed by atoms with E-state index in [1.165, 1.54) is 10.4 Å². The number of nitrogens with one attached hydrogen (secondary N) is 1. The van der Waals surface area contributed by atoms with Crippen LogP contribution in [0.5, 0.6) is 0 Å². The minimum atomic E-state index is -0.0580. The molecule has 0 unspecified atom stereocenters. The highest BCUT2D eigenvalue weighted by molar-refractivity contribution is 7.10. The molecular weight excluding hydrogens is 192 g/mol. The summed E-state index contributed by atoms with van der Waals surface area (Å²) in [6.45, 7) is 8.23. The highest BCUT2D eigenvalue weighted by Gasteiger charge is 2.09. The summed E-state index contributed by atoms with van der Waals surface area (Å²) in [4.78, 5) is 1.43. The molecule has 0 aliphatic rings. The second kappa shape index (κ2) is 4.91. The Balaban J connectivity index is 2.20. The fourth-order valence-corrected chi connectivity index (χ4v) is 2.07. The smallest absolute Gasteiger partial charge is 0.0302 e. The molecule has 0 amide bonds. The maximum absolute atomic E-state index is 5.89. The number of nitrogens with two attached hydrogens (primary N) is 1. The van der Waals surface area contributed by atoms with Crippen molar-refractivity contribution in [2.24, 2.45) is 5.73 Å². The zero-order valence-electron chi connectivity index (χ0n) is 9.26. The number of thiophene rings is 1. The summed E-state index contributed by atoms with van der Waals surface area (Å²) in [6.07, 6.45) is 1.01. The summed E-state index contributed by atoms with van der Waals surface area (Å²) in [5, 5.41) is 5.55. The van der Waals surface area contributed by atoms with E-state index < -0.39 is 0 Å². The summed E-state index contributed by atoms with van der Waals surface area (Å²) < 4.78 is 0. The molecule has 0 aromatic carbocycles. The Kier molecular flexibility index (Phi) is 4.11. The lowest BCUT2D eigenvalue weighted by molar-refractivity contribution is 0.455. The highest BCUT2D eigenvalue weighted by Crippen LogP contribution is 2.14. The highest BCUT2D eigenvalue weighted by atomic mass is 32.1. The Bertz CT molecular complexity index is 273.